The fraction of sp³-hybridized carbons (Fsp3) is 0.750. The number of nitrogens with zero attached hydrogens (tertiary/aromatic N) is 3. The Hall–Kier alpha value is -1.60. The predicted molar refractivity (Wildman–Crippen MR) is 90.8 cm³/mol. The Labute approximate surface area is 136 Å². The molecule has 2 aliphatic heterocycles. The second kappa shape index (κ2) is 6.49. The normalized spacial score (nSPS) is 22.3. The molecule has 7 heteroatoms. The number of hydrogen-bond donors (Lipinski definition) is 2. The van der Waals surface area contributed by atoms with Crippen LogP contribution in [0.5, 0.6) is 0 Å². The highest BCUT2D eigenvalue weighted by Crippen LogP contribution is 2.22. The maximum atomic E-state index is 12.3. The van der Waals surface area contributed by atoms with Crippen LogP contribution >= 0.6 is 0 Å². The standard InChI is InChI=1S/C16H27N5O2/c1-4-19-7-5-6-12(19)8-21-14-13(15(22)18-16(21)23)9-20(10-17-14)11(2)3/h11-12,17H,4-10H2,1-3H3,(H,18,22,23). The Kier molecular flexibility index (Phi) is 4.59. The zero-order valence-corrected chi connectivity index (χ0v) is 14.3. The van der Waals surface area contributed by atoms with E-state index in [1.807, 2.05) is 0 Å². The molecule has 0 bridgehead atoms. The molecule has 3 rings (SSSR count). The van der Waals surface area contributed by atoms with Crippen molar-refractivity contribution < 1.29 is 0 Å². The van der Waals surface area contributed by atoms with E-state index in [0.29, 0.717) is 43.2 Å². The molecule has 3 heterocycles. The zero-order valence-electron chi connectivity index (χ0n) is 14.3. The van der Waals surface area contributed by atoms with E-state index < -0.39 is 0 Å². The topological polar surface area (TPSA) is 73.4 Å². The predicted octanol–water partition coefficient (Wildman–Crippen LogP) is 0.614. The van der Waals surface area contributed by atoms with Gasteiger partial charge in [0.2, 0.25) is 0 Å². The number of aromatic nitrogens is 2. The molecule has 2 aliphatic rings. The van der Waals surface area contributed by atoms with E-state index in [2.05, 4.69) is 40.9 Å². The molecule has 1 atom stereocenters. The first kappa shape index (κ1) is 16.3. The lowest BCUT2D eigenvalue weighted by Gasteiger charge is -2.34. The smallest absolute Gasteiger partial charge is 0.329 e. The molecule has 7 nitrogen and oxygen atoms in total. The third-order valence-corrected chi connectivity index (χ3v) is 5.14. The van der Waals surface area contributed by atoms with Gasteiger partial charge in [0.05, 0.1) is 12.2 Å². The quantitative estimate of drug-likeness (QED) is 0.850. The molecule has 0 amide bonds. The van der Waals surface area contributed by atoms with Gasteiger partial charge in [-0.25, -0.2) is 4.79 Å². The Morgan fingerprint density at radius 2 is 2.09 bits per heavy atom. The summed E-state index contributed by atoms with van der Waals surface area (Å²) in [4.78, 5) is 31.7. The molecule has 128 valence electrons. The van der Waals surface area contributed by atoms with Gasteiger partial charge in [0, 0.05) is 25.2 Å². The number of anilines is 1. The molecule has 1 fully saturated rings. The van der Waals surface area contributed by atoms with Gasteiger partial charge < -0.3 is 5.32 Å². The van der Waals surface area contributed by atoms with Crippen LogP contribution in [0.15, 0.2) is 9.59 Å². The molecular formula is C16H27N5O2. The van der Waals surface area contributed by atoms with E-state index in [-0.39, 0.29) is 11.2 Å². The summed E-state index contributed by atoms with van der Waals surface area (Å²) in [5, 5.41) is 3.30. The summed E-state index contributed by atoms with van der Waals surface area (Å²) in [7, 11) is 0. The molecule has 0 aliphatic carbocycles. The SMILES string of the molecule is CCN1CCCC1Cn1c2c(c(=O)[nH]c1=O)CN(C(C)C)CN2. The lowest BCUT2D eigenvalue weighted by Crippen LogP contribution is -2.47. The first-order valence-electron chi connectivity index (χ1n) is 8.59. The maximum absolute atomic E-state index is 12.3. The first-order valence-corrected chi connectivity index (χ1v) is 8.59. The molecule has 0 saturated carbocycles. The van der Waals surface area contributed by atoms with Gasteiger partial charge in [0.25, 0.3) is 5.56 Å². The Morgan fingerprint density at radius 1 is 1.30 bits per heavy atom. The third kappa shape index (κ3) is 3.07. The van der Waals surface area contributed by atoms with Crippen LogP contribution in [0.25, 0.3) is 0 Å². The van der Waals surface area contributed by atoms with Crippen LogP contribution in [0, 0.1) is 0 Å². The molecule has 23 heavy (non-hydrogen) atoms. The number of likely N-dealkylation sites (N-methyl/N-ethyl adjacent to an activating group) is 1. The highest BCUT2D eigenvalue weighted by atomic mass is 16.2. The Morgan fingerprint density at radius 3 is 2.78 bits per heavy atom. The number of fused-ring (bicyclic) bond motifs is 1. The average Bonchev–Trinajstić information content (AvgIpc) is 2.98. The summed E-state index contributed by atoms with van der Waals surface area (Å²) in [5.74, 6) is 0.707. The molecule has 1 aromatic rings. The molecule has 1 saturated heterocycles. The monoisotopic (exact) mass is 321 g/mol. The van der Waals surface area contributed by atoms with Crippen LogP contribution in [-0.4, -0.2) is 51.2 Å². The van der Waals surface area contributed by atoms with Crippen molar-refractivity contribution in [1.29, 1.82) is 0 Å². The van der Waals surface area contributed by atoms with E-state index in [9.17, 15) is 9.59 Å². The number of nitrogens with one attached hydrogen (secondary N) is 2. The molecule has 0 radical (unpaired) electrons. The summed E-state index contributed by atoms with van der Waals surface area (Å²) >= 11 is 0. The van der Waals surface area contributed by atoms with Crippen molar-refractivity contribution in [3.05, 3.63) is 26.4 Å². The zero-order chi connectivity index (χ0) is 16.6. The second-order valence-corrected chi connectivity index (χ2v) is 6.80. The van der Waals surface area contributed by atoms with E-state index in [4.69, 9.17) is 0 Å². The molecule has 1 aromatic heterocycles. The number of aromatic amines is 1. The van der Waals surface area contributed by atoms with Gasteiger partial charge in [-0.2, -0.15) is 0 Å². The average molecular weight is 321 g/mol. The lowest BCUT2D eigenvalue weighted by atomic mass is 10.1. The fourth-order valence-electron chi connectivity index (χ4n) is 3.66. The van der Waals surface area contributed by atoms with Crippen molar-refractivity contribution in [1.82, 2.24) is 19.4 Å². The van der Waals surface area contributed by atoms with Crippen LogP contribution in [-0.2, 0) is 13.1 Å². The second-order valence-electron chi connectivity index (χ2n) is 6.80. The van der Waals surface area contributed by atoms with E-state index >= 15 is 0 Å². The third-order valence-electron chi connectivity index (χ3n) is 5.14. The van der Waals surface area contributed by atoms with Crippen molar-refractivity contribution >= 4 is 5.82 Å². The van der Waals surface area contributed by atoms with Crippen molar-refractivity contribution in [3.63, 3.8) is 0 Å². The summed E-state index contributed by atoms with van der Waals surface area (Å²) in [6.07, 6.45) is 2.28. The summed E-state index contributed by atoms with van der Waals surface area (Å²) in [5.41, 5.74) is 0.102. The summed E-state index contributed by atoms with van der Waals surface area (Å²) in [6, 6.07) is 0.721. The van der Waals surface area contributed by atoms with Crippen LogP contribution in [0.1, 0.15) is 39.2 Å². The van der Waals surface area contributed by atoms with E-state index in [1.165, 1.54) is 6.42 Å². The number of rotatable bonds is 4. The van der Waals surface area contributed by atoms with Crippen molar-refractivity contribution in [2.75, 3.05) is 25.1 Å². The van der Waals surface area contributed by atoms with Gasteiger partial charge in [0.1, 0.15) is 5.82 Å². The van der Waals surface area contributed by atoms with Crippen LogP contribution in [0.2, 0.25) is 0 Å². The van der Waals surface area contributed by atoms with Gasteiger partial charge >= 0.3 is 5.69 Å². The van der Waals surface area contributed by atoms with E-state index in [1.54, 1.807) is 4.57 Å². The van der Waals surface area contributed by atoms with Crippen LogP contribution in [0.4, 0.5) is 5.82 Å². The molecule has 1 unspecified atom stereocenters. The number of hydrogen-bond acceptors (Lipinski definition) is 5. The molecule has 2 N–H and O–H groups in total. The highest BCUT2D eigenvalue weighted by Gasteiger charge is 2.28. The van der Waals surface area contributed by atoms with Crippen molar-refractivity contribution in [2.45, 2.75) is 58.8 Å². The number of H-pyrrole nitrogens is 1. The summed E-state index contributed by atoms with van der Waals surface area (Å²) < 4.78 is 1.73. The van der Waals surface area contributed by atoms with E-state index in [0.717, 1.165) is 19.5 Å². The Bertz CT molecular complexity index is 678. The Balaban J connectivity index is 1.94. The van der Waals surface area contributed by atoms with Crippen molar-refractivity contribution in [2.24, 2.45) is 0 Å². The van der Waals surface area contributed by atoms with Crippen LogP contribution in [0.3, 0.4) is 0 Å². The molecule has 0 spiro atoms. The lowest BCUT2D eigenvalue weighted by molar-refractivity contribution is 0.214. The summed E-state index contributed by atoms with van der Waals surface area (Å²) in [6.45, 7) is 10.3. The van der Waals surface area contributed by atoms with Gasteiger partial charge in [-0.15, -0.1) is 0 Å². The minimum atomic E-state index is -0.304. The first-order chi connectivity index (χ1) is 11.0. The van der Waals surface area contributed by atoms with Gasteiger partial charge in [-0.3, -0.25) is 24.1 Å². The number of likely N-dealkylation sites (tertiary alicyclic amines) is 1. The van der Waals surface area contributed by atoms with Crippen molar-refractivity contribution in [3.8, 4) is 0 Å². The van der Waals surface area contributed by atoms with Gasteiger partial charge in [0.15, 0.2) is 0 Å². The maximum Gasteiger partial charge on any atom is 0.329 e. The molecular weight excluding hydrogens is 294 g/mol. The largest absolute Gasteiger partial charge is 0.358 e. The van der Waals surface area contributed by atoms with Gasteiger partial charge in [-0.1, -0.05) is 6.92 Å². The molecule has 0 aromatic carbocycles. The minimum absolute atomic E-state index is 0.266. The highest BCUT2D eigenvalue weighted by molar-refractivity contribution is 5.45. The van der Waals surface area contributed by atoms with Crippen LogP contribution < -0.4 is 16.6 Å². The fourth-order valence-corrected chi connectivity index (χ4v) is 3.66. The van der Waals surface area contributed by atoms with Gasteiger partial charge in [-0.05, 0) is 39.8 Å². The minimum Gasteiger partial charge on any atom is -0.358 e.